The van der Waals surface area contributed by atoms with Crippen LogP contribution in [0.15, 0.2) is 42.5 Å². The molecule has 0 aliphatic carbocycles. The third-order valence-electron chi connectivity index (χ3n) is 2.97. The maximum absolute atomic E-state index is 10.9. The Morgan fingerprint density at radius 1 is 1.25 bits per heavy atom. The molecule has 0 saturated heterocycles. The van der Waals surface area contributed by atoms with E-state index in [2.05, 4.69) is 0 Å². The van der Waals surface area contributed by atoms with Gasteiger partial charge in [-0.1, -0.05) is 12.1 Å². The van der Waals surface area contributed by atoms with Gasteiger partial charge < -0.3 is 15.4 Å². The number of ether oxygens (including phenoxy) is 1. The normalized spacial score (nSPS) is 10.1. The number of benzene rings is 2. The molecular formula is C14H15N3O3. The van der Waals surface area contributed by atoms with Crippen LogP contribution in [0.25, 0.3) is 0 Å². The lowest BCUT2D eigenvalue weighted by atomic mass is 10.2. The number of nitro groups is 1. The van der Waals surface area contributed by atoms with Gasteiger partial charge in [0.1, 0.15) is 5.75 Å². The number of non-ortho nitro benzene ring substituents is 1. The number of nitrogens with two attached hydrogens (primary N) is 1. The van der Waals surface area contributed by atoms with E-state index in [9.17, 15) is 10.1 Å². The van der Waals surface area contributed by atoms with Crippen LogP contribution in [0.1, 0.15) is 0 Å². The van der Waals surface area contributed by atoms with Crippen molar-refractivity contribution in [1.29, 1.82) is 0 Å². The molecule has 0 amide bonds. The second-order valence-corrected chi connectivity index (χ2v) is 4.27. The molecule has 0 atom stereocenters. The van der Waals surface area contributed by atoms with Gasteiger partial charge in [0.05, 0.1) is 17.7 Å². The van der Waals surface area contributed by atoms with Gasteiger partial charge in [-0.15, -0.1) is 0 Å². The molecule has 0 saturated carbocycles. The molecule has 104 valence electrons. The predicted octanol–water partition coefficient (Wildman–Crippen LogP) is 2.95. The first-order chi connectivity index (χ1) is 9.52. The van der Waals surface area contributed by atoms with E-state index in [4.69, 9.17) is 10.5 Å². The minimum absolute atomic E-state index is 0.0400. The first kappa shape index (κ1) is 13.7. The summed E-state index contributed by atoms with van der Waals surface area (Å²) in [5.41, 5.74) is 7.45. The number of nitrogen functional groups attached to an aromatic ring is 1. The molecule has 0 aliphatic heterocycles. The second-order valence-electron chi connectivity index (χ2n) is 4.27. The van der Waals surface area contributed by atoms with Gasteiger partial charge in [-0.25, -0.2) is 0 Å². The molecule has 2 aromatic rings. The smallest absolute Gasteiger partial charge is 0.273 e. The minimum Gasteiger partial charge on any atom is -0.495 e. The molecule has 6 heteroatoms. The van der Waals surface area contributed by atoms with Crippen LogP contribution in [0.5, 0.6) is 5.75 Å². The molecule has 6 nitrogen and oxygen atoms in total. The molecule has 0 radical (unpaired) electrons. The molecule has 0 aliphatic rings. The van der Waals surface area contributed by atoms with Crippen molar-refractivity contribution in [2.24, 2.45) is 0 Å². The van der Waals surface area contributed by atoms with Gasteiger partial charge >= 0.3 is 0 Å². The molecule has 0 unspecified atom stereocenters. The van der Waals surface area contributed by atoms with Crippen molar-refractivity contribution >= 4 is 22.7 Å². The third-order valence-corrected chi connectivity index (χ3v) is 2.97. The number of hydrogen-bond acceptors (Lipinski definition) is 5. The molecule has 2 rings (SSSR count). The van der Waals surface area contributed by atoms with E-state index in [1.54, 1.807) is 25.1 Å². The van der Waals surface area contributed by atoms with E-state index in [1.165, 1.54) is 12.1 Å². The van der Waals surface area contributed by atoms with Gasteiger partial charge in [0.15, 0.2) is 0 Å². The van der Waals surface area contributed by atoms with E-state index < -0.39 is 4.92 Å². The zero-order valence-electron chi connectivity index (χ0n) is 11.2. The van der Waals surface area contributed by atoms with Crippen molar-refractivity contribution in [2.75, 3.05) is 24.8 Å². The summed E-state index contributed by atoms with van der Waals surface area (Å²) in [5, 5.41) is 10.9. The van der Waals surface area contributed by atoms with Gasteiger partial charge in [-0.3, -0.25) is 10.1 Å². The predicted molar refractivity (Wildman–Crippen MR) is 78.6 cm³/mol. The zero-order chi connectivity index (χ0) is 14.7. The Morgan fingerprint density at radius 3 is 2.60 bits per heavy atom. The van der Waals surface area contributed by atoms with Crippen molar-refractivity contribution in [2.45, 2.75) is 0 Å². The van der Waals surface area contributed by atoms with Crippen LogP contribution in [0, 0.1) is 10.1 Å². The Hall–Kier alpha value is -2.76. The van der Waals surface area contributed by atoms with E-state index >= 15 is 0 Å². The average Bonchev–Trinajstić information content (AvgIpc) is 2.45. The van der Waals surface area contributed by atoms with Crippen LogP contribution in [0.4, 0.5) is 22.7 Å². The Bertz CT molecular complexity index is 643. The number of nitro benzene ring substituents is 1. The fourth-order valence-corrected chi connectivity index (χ4v) is 1.96. The number of anilines is 3. The number of rotatable bonds is 4. The fourth-order valence-electron chi connectivity index (χ4n) is 1.96. The zero-order valence-corrected chi connectivity index (χ0v) is 11.2. The molecule has 20 heavy (non-hydrogen) atoms. The maximum atomic E-state index is 10.9. The second kappa shape index (κ2) is 5.48. The minimum atomic E-state index is -0.462. The number of para-hydroxylation sites is 2. The fraction of sp³-hybridized carbons (Fsp3) is 0.143. The topological polar surface area (TPSA) is 81.6 Å². The molecule has 0 aromatic heterocycles. The van der Waals surface area contributed by atoms with Crippen molar-refractivity contribution in [3.8, 4) is 5.75 Å². The lowest BCUT2D eigenvalue weighted by molar-refractivity contribution is -0.384. The van der Waals surface area contributed by atoms with Crippen LogP contribution in [0.2, 0.25) is 0 Å². The summed E-state index contributed by atoms with van der Waals surface area (Å²) >= 11 is 0. The van der Waals surface area contributed by atoms with Crippen molar-refractivity contribution in [3.63, 3.8) is 0 Å². The van der Waals surface area contributed by atoms with Crippen LogP contribution < -0.4 is 15.4 Å². The summed E-state index contributed by atoms with van der Waals surface area (Å²) in [5.74, 6) is 0.681. The Labute approximate surface area is 116 Å². The monoisotopic (exact) mass is 273 g/mol. The summed E-state index contributed by atoms with van der Waals surface area (Å²) in [6.07, 6.45) is 0. The lowest BCUT2D eigenvalue weighted by Crippen LogP contribution is -2.11. The summed E-state index contributed by atoms with van der Waals surface area (Å²) < 4.78 is 5.29. The van der Waals surface area contributed by atoms with Gasteiger partial charge in [0, 0.05) is 30.6 Å². The summed E-state index contributed by atoms with van der Waals surface area (Å²) in [6, 6.07) is 11.9. The van der Waals surface area contributed by atoms with Gasteiger partial charge in [0.2, 0.25) is 0 Å². The number of nitrogens with zero attached hydrogens (tertiary/aromatic N) is 2. The van der Waals surface area contributed by atoms with Crippen LogP contribution in [-0.2, 0) is 0 Å². The van der Waals surface area contributed by atoms with Crippen molar-refractivity contribution < 1.29 is 9.66 Å². The first-order valence-electron chi connectivity index (χ1n) is 5.94. The highest BCUT2D eigenvalue weighted by Crippen LogP contribution is 2.34. The highest BCUT2D eigenvalue weighted by Gasteiger charge is 2.14. The lowest BCUT2D eigenvalue weighted by Gasteiger charge is -2.22. The molecule has 2 aromatic carbocycles. The summed E-state index contributed by atoms with van der Waals surface area (Å²) in [4.78, 5) is 12.2. The molecule has 2 N–H and O–H groups in total. The number of methoxy groups -OCH3 is 1. The standard InChI is InChI=1S/C14H15N3O3/c1-16(13-5-3-4-6-14(13)20-2)11-7-10(15)8-12(9-11)17(18)19/h3-9H,15H2,1-2H3. The van der Waals surface area contributed by atoms with Gasteiger partial charge in [0.25, 0.3) is 5.69 Å². The van der Waals surface area contributed by atoms with E-state index in [1.807, 2.05) is 24.3 Å². The SMILES string of the molecule is COc1ccccc1N(C)c1cc(N)cc([N+](=O)[O-])c1. The van der Waals surface area contributed by atoms with E-state index in [0.717, 1.165) is 5.69 Å². The molecular weight excluding hydrogens is 258 g/mol. The molecule has 0 spiro atoms. The van der Waals surface area contributed by atoms with E-state index in [-0.39, 0.29) is 5.69 Å². The molecule has 0 heterocycles. The van der Waals surface area contributed by atoms with Crippen molar-refractivity contribution in [3.05, 3.63) is 52.6 Å². The Morgan fingerprint density at radius 2 is 1.95 bits per heavy atom. The molecule has 0 fully saturated rings. The van der Waals surface area contributed by atoms with Gasteiger partial charge in [-0.05, 0) is 18.2 Å². The van der Waals surface area contributed by atoms with Crippen LogP contribution >= 0.6 is 0 Å². The third kappa shape index (κ3) is 2.64. The Kier molecular flexibility index (Phi) is 3.74. The largest absolute Gasteiger partial charge is 0.495 e. The summed E-state index contributed by atoms with van der Waals surface area (Å²) in [6.45, 7) is 0. The summed E-state index contributed by atoms with van der Waals surface area (Å²) in [7, 11) is 3.38. The highest BCUT2D eigenvalue weighted by atomic mass is 16.6. The van der Waals surface area contributed by atoms with Crippen molar-refractivity contribution in [1.82, 2.24) is 0 Å². The number of hydrogen-bond donors (Lipinski definition) is 1. The van der Waals surface area contributed by atoms with Gasteiger partial charge in [-0.2, -0.15) is 0 Å². The Balaban J connectivity index is 2.47. The average molecular weight is 273 g/mol. The molecule has 0 bridgehead atoms. The quantitative estimate of drug-likeness (QED) is 0.526. The van der Waals surface area contributed by atoms with Crippen LogP contribution in [0.3, 0.4) is 0 Å². The highest BCUT2D eigenvalue weighted by molar-refractivity contribution is 5.72. The maximum Gasteiger partial charge on any atom is 0.273 e. The van der Waals surface area contributed by atoms with E-state index in [0.29, 0.717) is 17.1 Å². The van der Waals surface area contributed by atoms with Crippen LogP contribution in [-0.4, -0.2) is 19.1 Å². The first-order valence-corrected chi connectivity index (χ1v) is 5.94.